The molecule has 5 nitrogen and oxygen atoms in total. The molecule has 1 aliphatic rings. The lowest BCUT2D eigenvalue weighted by Gasteiger charge is -2.40. The molecule has 1 aliphatic carbocycles. The minimum Gasteiger partial charge on any atom is -0.508 e. The number of aromatic hydroxyl groups is 1. The summed E-state index contributed by atoms with van der Waals surface area (Å²) < 4.78 is 0. The first-order valence-electron chi connectivity index (χ1n) is 9.92. The van der Waals surface area contributed by atoms with Crippen LogP contribution in [0.5, 0.6) is 5.75 Å². The van der Waals surface area contributed by atoms with Gasteiger partial charge < -0.3 is 20.6 Å². The van der Waals surface area contributed by atoms with Gasteiger partial charge in [0, 0.05) is 18.1 Å². The van der Waals surface area contributed by atoms with Crippen molar-refractivity contribution in [2.45, 2.75) is 50.6 Å². The molecule has 2 aromatic rings. The average Bonchev–Trinajstić information content (AvgIpc) is 3.06. The molecule has 0 aliphatic heterocycles. The summed E-state index contributed by atoms with van der Waals surface area (Å²) in [6.07, 6.45) is 4.70. The molecule has 1 heterocycles. The molecule has 28 heavy (non-hydrogen) atoms. The third-order valence-electron chi connectivity index (χ3n) is 5.82. The number of thiophene rings is 1. The molecule has 2 amide bonds. The van der Waals surface area contributed by atoms with Crippen LogP contribution in [0.2, 0.25) is 0 Å². The SMILES string of the molecule is CC(Cc1ccsc1)NC(=O)NCC1(N(C)C)CCCc2cc(O)ccc2C1. The number of hydrogen-bond acceptors (Lipinski definition) is 4. The maximum atomic E-state index is 12.5. The van der Waals surface area contributed by atoms with Crippen LogP contribution in [0.25, 0.3) is 0 Å². The fraction of sp³-hybridized carbons (Fsp3) is 0.500. The lowest BCUT2D eigenvalue weighted by atomic mass is 9.86. The van der Waals surface area contributed by atoms with E-state index in [9.17, 15) is 9.90 Å². The molecule has 0 radical (unpaired) electrons. The Bertz CT molecular complexity index is 791. The van der Waals surface area contributed by atoms with Gasteiger partial charge in [-0.25, -0.2) is 4.79 Å². The normalized spacial score (nSPS) is 20.3. The summed E-state index contributed by atoms with van der Waals surface area (Å²) in [5, 5.41) is 20.2. The van der Waals surface area contributed by atoms with Crippen LogP contribution in [0.3, 0.4) is 0 Å². The molecular weight excluding hydrogens is 370 g/mol. The van der Waals surface area contributed by atoms with Crippen LogP contribution < -0.4 is 10.6 Å². The molecule has 1 aromatic carbocycles. The van der Waals surface area contributed by atoms with Crippen molar-refractivity contribution >= 4 is 17.4 Å². The van der Waals surface area contributed by atoms with Crippen LogP contribution in [-0.4, -0.2) is 48.3 Å². The number of aryl methyl sites for hydroxylation is 1. The number of nitrogens with one attached hydrogen (secondary N) is 2. The van der Waals surface area contributed by atoms with Gasteiger partial charge in [-0.1, -0.05) is 6.07 Å². The van der Waals surface area contributed by atoms with Gasteiger partial charge in [-0.15, -0.1) is 0 Å². The number of phenolic OH excluding ortho intramolecular Hbond substituents is 1. The molecule has 2 unspecified atom stereocenters. The summed E-state index contributed by atoms with van der Waals surface area (Å²) in [7, 11) is 4.17. The highest BCUT2D eigenvalue weighted by molar-refractivity contribution is 7.07. The third kappa shape index (κ3) is 5.06. The number of benzene rings is 1. The van der Waals surface area contributed by atoms with Crippen molar-refractivity contribution in [2.75, 3.05) is 20.6 Å². The first-order chi connectivity index (χ1) is 13.4. The topological polar surface area (TPSA) is 64.6 Å². The van der Waals surface area contributed by atoms with Crippen LogP contribution in [0.1, 0.15) is 36.5 Å². The number of carbonyl (C=O) groups excluding carboxylic acids is 1. The Morgan fingerprint density at radius 1 is 1.32 bits per heavy atom. The van der Waals surface area contributed by atoms with Crippen LogP contribution in [-0.2, 0) is 19.3 Å². The van der Waals surface area contributed by atoms with Crippen LogP contribution >= 0.6 is 11.3 Å². The Morgan fingerprint density at radius 3 is 2.86 bits per heavy atom. The van der Waals surface area contributed by atoms with Gasteiger partial charge in [-0.3, -0.25) is 0 Å². The maximum absolute atomic E-state index is 12.5. The van der Waals surface area contributed by atoms with Crippen LogP contribution in [0, 0.1) is 0 Å². The molecule has 3 rings (SSSR count). The average molecular weight is 402 g/mol. The Balaban J connectivity index is 1.62. The molecule has 0 fully saturated rings. The summed E-state index contributed by atoms with van der Waals surface area (Å²) in [6.45, 7) is 2.63. The van der Waals surface area contributed by atoms with E-state index >= 15 is 0 Å². The first kappa shape index (κ1) is 20.7. The van der Waals surface area contributed by atoms with Gasteiger partial charge in [0.25, 0.3) is 0 Å². The van der Waals surface area contributed by atoms with E-state index in [2.05, 4.69) is 46.5 Å². The summed E-state index contributed by atoms with van der Waals surface area (Å²) in [5.41, 5.74) is 3.61. The molecule has 152 valence electrons. The van der Waals surface area contributed by atoms with Crippen molar-refractivity contribution in [3.05, 3.63) is 51.7 Å². The number of hydrogen-bond donors (Lipinski definition) is 3. The lowest BCUT2D eigenvalue weighted by Crippen LogP contribution is -2.56. The van der Waals surface area contributed by atoms with Crippen molar-refractivity contribution in [1.29, 1.82) is 0 Å². The Morgan fingerprint density at radius 2 is 2.14 bits per heavy atom. The van der Waals surface area contributed by atoms with Gasteiger partial charge in [0.15, 0.2) is 0 Å². The zero-order valence-electron chi connectivity index (χ0n) is 17.0. The van der Waals surface area contributed by atoms with Gasteiger partial charge in [0.1, 0.15) is 5.75 Å². The second-order valence-electron chi connectivity index (χ2n) is 8.17. The zero-order chi connectivity index (χ0) is 20.1. The van der Waals surface area contributed by atoms with Crippen molar-refractivity contribution in [3.63, 3.8) is 0 Å². The van der Waals surface area contributed by atoms with Gasteiger partial charge >= 0.3 is 6.03 Å². The van der Waals surface area contributed by atoms with Crippen molar-refractivity contribution in [3.8, 4) is 5.75 Å². The summed E-state index contributed by atoms with van der Waals surface area (Å²) in [6, 6.07) is 7.74. The standard InChI is InChI=1S/C22H31N3O2S/c1-16(11-17-8-10-28-14-17)24-21(27)23-15-22(25(2)3)9-4-5-18-12-20(26)7-6-19(18)13-22/h6-8,10,12,14,16,26H,4-5,9,11,13,15H2,1-3H3,(H2,23,24,27). The largest absolute Gasteiger partial charge is 0.508 e. The van der Waals surface area contributed by atoms with Gasteiger partial charge in [0.05, 0.1) is 0 Å². The third-order valence-corrected chi connectivity index (χ3v) is 6.56. The van der Waals surface area contributed by atoms with E-state index < -0.39 is 0 Å². The Kier molecular flexibility index (Phi) is 6.62. The van der Waals surface area contributed by atoms with Crippen LogP contribution in [0.15, 0.2) is 35.0 Å². The highest BCUT2D eigenvalue weighted by Gasteiger charge is 2.35. The number of amides is 2. The molecule has 1 aromatic heterocycles. The number of fused-ring (bicyclic) bond motifs is 1. The van der Waals surface area contributed by atoms with Gasteiger partial charge in [-0.2, -0.15) is 11.3 Å². The van der Waals surface area contributed by atoms with E-state index in [0.29, 0.717) is 12.3 Å². The quantitative estimate of drug-likeness (QED) is 0.649. The summed E-state index contributed by atoms with van der Waals surface area (Å²) in [4.78, 5) is 14.7. The zero-order valence-corrected chi connectivity index (χ0v) is 17.8. The number of urea groups is 1. The van der Waals surface area contributed by atoms with Crippen molar-refractivity contribution in [1.82, 2.24) is 15.5 Å². The minimum atomic E-state index is -0.129. The molecule has 0 bridgehead atoms. The molecule has 3 N–H and O–H groups in total. The van der Waals surface area contributed by atoms with E-state index in [-0.39, 0.29) is 17.6 Å². The molecule has 2 atom stereocenters. The minimum absolute atomic E-state index is 0.0859. The van der Waals surface area contributed by atoms with E-state index in [0.717, 1.165) is 32.1 Å². The fourth-order valence-corrected chi connectivity index (χ4v) is 4.77. The van der Waals surface area contributed by atoms with Crippen molar-refractivity contribution in [2.24, 2.45) is 0 Å². The number of rotatable bonds is 6. The number of likely N-dealkylation sites (N-methyl/N-ethyl adjacent to an activating group) is 1. The van der Waals surface area contributed by atoms with E-state index in [4.69, 9.17) is 0 Å². The number of nitrogens with zero attached hydrogens (tertiary/aromatic N) is 1. The maximum Gasteiger partial charge on any atom is 0.315 e. The highest BCUT2D eigenvalue weighted by atomic mass is 32.1. The molecule has 0 spiro atoms. The fourth-order valence-electron chi connectivity index (χ4n) is 4.09. The number of phenols is 1. The molecule has 0 saturated carbocycles. The predicted molar refractivity (Wildman–Crippen MR) is 115 cm³/mol. The lowest BCUT2D eigenvalue weighted by molar-refractivity contribution is 0.136. The van der Waals surface area contributed by atoms with Gasteiger partial charge in [-0.05, 0) is 98.8 Å². The Labute approximate surface area is 171 Å². The van der Waals surface area contributed by atoms with Gasteiger partial charge in [0.2, 0.25) is 0 Å². The highest BCUT2D eigenvalue weighted by Crippen LogP contribution is 2.32. The van der Waals surface area contributed by atoms with E-state index in [1.165, 1.54) is 16.7 Å². The van der Waals surface area contributed by atoms with Crippen molar-refractivity contribution < 1.29 is 9.90 Å². The number of carbonyl (C=O) groups is 1. The second-order valence-corrected chi connectivity index (χ2v) is 8.95. The summed E-state index contributed by atoms with van der Waals surface area (Å²) in [5.74, 6) is 0.327. The van der Waals surface area contributed by atoms with E-state index in [1.54, 1.807) is 17.4 Å². The molecular formula is C22H31N3O2S. The second kappa shape index (κ2) is 8.97. The monoisotopic (exact) mass is 401 g/mol. The first-order valence-corrected chi connectivity index (χ1v) is 10.9. The Hall–Kier alpha value is -2.05. The summed E-state index contributed by atoms with van der Waals surface area (Å²) >= 11 is 1.68. The molecule has 6 heteroatoms. The van der Waals surface area contributed by atoms with Crippen LogP contribution in [0.4, 0.5) is 4.79 Å². The van der Waals surface area contributed by atoms with E-state index in [1.807, 2.05) is 19.1 Å². The predicted octanol–water partition coefficient (Wildman–Crippen LogP) is 3.56. The smallest absolute Gasteiger partial charge is 0.315 e. The molecule has 0 saturated heterocycles.